The van der Waals surface area contributed by atoms with Crippen molar-refractivity contribution in [2.45, 2.75) is 41.0 Å². The molecular formula is C49H46ClFN8O8S4. The SMILES string of the molecule is Cc1ccc(S(=O)(=O)NC(=O)Nc2ccc(-n3ccc4cc(NCCCN5CCCCC5)ccc4c3=O)cc2)s1.O=C(Nc1ccc(-n2ccc3ccccc3c2=O)c(F)c1)NS(=O)(=O)c1ccc(Cl)s1. The van der Waals surface area contributed by atoms with E-state index in [2.05, 4.69) is 20.9 Å². The van der Waals surface area contributed by atoms with Gasteiger partial charge in [-0.3, -0.25) is 18.7 Å². The highest BCUT2D eigenvalue weighted by Gasteiger charge is 2.22. The summed E-state index contributed by atoms with van der Waals surface area (Å²) in [5, 5.41) is 10.9. The number of hydrogen-bond donors (Lipinski definition) is 5. The van der Waals surface area contributed by atoms with Crippen molar-refractivity contribution in [2.24, 2.45) is 0 Å². The van der Waals surface area contributed by atoms with E-state index in [0.29, 0.717) is 22.1 Å². The van der Waals surface area contributed by atoms with Crippen LogP contribution in [0.5, 0.6) is 0 Å². The molecule has 71 heavy (non-hydrogen) atoms. The second kappa shape index (κ2) is 22.0. The molecule has 1 aliphatic rings. The van der Waals surface area contributed by atoms with Crippen LogP contribution in [0.15, 0.2) is 152 Å². The Morgan fingerprint density at radius 3 is 1.93 bits per heavy atom. The Hall–Kier alpha value is -6.88. The molecule has 5 heterocycles. The molecule has 0 radical (unpaired) electrons. The van der Waals surface area contributed by atoms with Gasteiger partial charge in [0.25, 0.3) is 31.2 Å². The van der Waals surface area contributed by atoms with E-state index in [1.807, 2.05) is 33.7 Å². The standard InChI is InChI=1S/C29H33N5O4S2.C20H13ClFN3O4S2/c1-21-6-13-27(39-21)40(37,38)32-29(36)31-23-7-10-25(11-8-23)34-19-14-22-20-24(9-12-26(22)28(34)35)30-15-5-18-33-16-3-2-4-17-33;21-17-7-8-18(30-17)31(28,29)24-20(27)23-13-5-6-16(15(22)11-13)25-10-9-12-3-1-2-4-14(12)19(25)26/h6-14,19-20,30H,2-5,15-18H2,1H3,(H2,31,32,36);1-11H,(H2,23,24,27). The van der Waals surface area contributed by atoms with Gasteiger partial charge in [0.15, 0.2) is 0 Å². The molecule has 0 unspecified atom stereocenters. The lowest BCUT2D eigenvalue weighted by molar-refractivity contribution is 0.228. The number of fused-ring (bicyclic) bond motifs is 2. The van der Waals surface area contributed by atoms with Gasteiger partial charge in [-0.2, -0.15) is 0 Å². The van der Waals surface area contributed by atoms with Crippen LogP contribution in [0, 0.1) is 12.7 Å². The first kappa shape index (κ1) is 50.5. The number of nitrogens with one attached hydrogen (secondary N) is 5. The van der Waals surface area contributed by atoms with Crippen molar-refractivity contribution in [3.05, 3.63) is 169 Å². The zero-order valence-electron chi connectivity index (χ0n) is 37.9. The number of anilines is 3. The Kier molecular flexibility index (Phi) is 15.7. The van der Waals surface area contributed by atoms with Crippen LogP contribution in [0.1, 0.15) is 30.6 Å². The molecule has 0 aliphatic carbocycles. The number of aromatic nitrogens is 2. The van der Waals surface area contributed by atoms with Gasteiger partial charge in [0.1, 0.15) is 14.2 Å². The van der Waals surface area contributed by atoms with Gasteiger partial charge in [-0.05, 0) is 160 Å². The Labute approximate surface area is 420 Å². The maximum absolute atomic E-state index is 14.7. The number of thiophene rings is 2. The number of urea groups is 2. The van der Waals surface area contributed by atoms with E-state index in [1.54, 1.807) is 78.4 Å². The number of aryl methyl sites for hydroxylation is 1. The molecule has 22 heteroatoms. The largest absolute Gasteiger partial charge is 0.385 e. The summed E-state index contributed by atoms with van der Waals surface area (Å²) in [6.07, 6.45) is 8.22. The van der Waals surface area contributed by atoms with E-state index in [9.17, 15) is 40.4 Å². The van der Waals surface area contributed by atoms with Gasteiger partial charge in [0.05, 0.1) is 10.0 Å². The summed E-state index contributed by atoms with van der Waals surface area (Å²) in [4.78, 5) is 53.6. The van der Waals surface area contributed by atoms with Crippen LogP contribution in [-0.4, -0.2) is 69.1 Å². The van der Waals surface area contributed by atoms with Gasteiger partial charge in [-0.25, -0.2) is 40.3 Å². The predicted molar refractivity (Wildman–Crippen MR) is 280 cm³/mol. The second-order valence-electron chi connectivity index (χ2n) is 16.3. The monoisotopic (exact) mass is 1060 g/mol. The highest BCUT2D eigenvalue weighted by Crippen LogP contribution is 2.26. The van der Waals surface area contributed by atoms with Crippen molar-refractivity contribution in [1.82, 2.24) is 23.5 Å². The molecule has 4 amide bonds. The zero-order valence-corrected chi connectivity index (χ0v) is 41.9. The van der Waals surface area contributed by atoms with Crippen LogP contribution < -0.4 is 36.5 Å². The molecule has 0 spiro atoms. The molecule has 0 bridgehead atoms. The van der Waals surface area contributed by atoms with E-state index in [-0.39, 0.29) is 29.7 Å². The fourth-order valence-electron chi connectivity index (χ4n) is 7.80. The molecule has 1 fully saturated rings. The summed E-state index contributed by atoms with van der Waals surface area (Å²) in [6, 6.07) is 30.5. The number of likely N-dealkylation sites (tertiary alicyclic amines) is 1. The van der Waals surface area contributed by atoms with E-state index in [4.69, 9.17) is 11.6 Å². The van der Waals surface area contributed by atoms with Crippen LogP contribution >= 0.6 is 34.3 Å². The number of carbonyl (C=O) groups is 2. The third-order valence-electron chi connectivity index (χ3n) is 11.3. The number of amides is 4. The fraction of sp³-hybridized carbons (Fsp3) is 0.184. The average molecular weight is 1060 g/mol. The van der Waals surface area contributed by atoms with Crippen LogP contribution in [0.25, 0.3) is 32.9 Å². The van der Waals surface area contributed by atoms with Gasteiger partial charge in [0, 0.05) is 57.3 Å². The maximum Gasteiger partial charge on any atom is 0.333 e. The lowest BCUT2D eigenvalue weighted by Gasteiger charge is -2.26. The first-order valence-electron chi connectivity index (χ1n) is 22.1. The van der Waals surface area contributed by atoms with Crippen LogP contribution in [0.3, 0.4) is 0 Å². The van der Waals surface area contributed by atoms with Gasteiger partial charge in [-0.15, -0.1) is 22.7 Å². The highest BCUT2D eigenvalue weighted by molar-refractivity contribution is 7.92. The van der Waals surface area contributed by atoms with Crippen LogP contribution in [0.2, 0.25) is 4.34 Å². The van der Waals surface area contributed by atoms with E-state index < -0.39 is 43.5 Å². The summed E-state index contributed by atoms with van der Waals surface area (Å²) in [5.41, 5.74) is 1.46. The Bertz CT molecular complexity index is 3610. The summed E-state index contributed by atoms with van der Waals surface area (Å²) >= 11 is 7.59. The van der Waals surface area contributed by atoms with Crippen molar-refractivity contribution in [2.75, 3.05) is 42.1 Å². The van der Waals surface area contributed by atoms with Crippen molar-refractivity contribution < 1.29 is 30.8 Å². The summed E-state index contributed by atoms with van der Waals surface area (Å²) in [7, 11) is -8.06. The number of halogens is 2. The third kappa shape index (κ3) is 12.5. The number of rotatable bonds is 13. The second-order valence-corrected chi connectivity index (χ2v) is 23.1. The number of carbonyl (C=O) groups excluding carboxylic acids is 2. The number of piperidine rings is 1. The Morgan fingerprint density at radius 1 is 0.648 bits per heavy atom. The minimum absolute atomic E-state index is 0.00648. The van der Waals surface area contributed by atoms with Crippen LogP contribution in [0.4, 0.5) is 31.0 Å². The Morgan fingerprint density at radius 2 is 1.25 bits per heavy atom. The first-order valence-corrected chi connectivity index (χ1v) is 27.1. The molecule has 0 saturated carbocycles. The Balaban J connectivity index is 0.000000197. The quantitative estimate of drug-likeness (QED) is 0.0691. The molecule has 9 rings (SSSR count). The summed E-state index contributed by atoms with van der Waals surface area (Å²) < 4.78 is 70.5. The minimum atomic E-state index is -4.11. The summed E-state index contributed by atoms with van der Waals surface area (Å²) in [6.45, 7) is 6.20. The molecule has 368 valence electrons. The van der Waals surface area contributed by atoms with Gasteiger partial charge in [0.2, 0.25) is 0 Å². The van der Waals surface area contributed by atoms with E-state index in [1.165, 1.54) is 68.9 Å². The molecule has 1 aliphatic heterocycles. The van der Waals surface area contributed by atoms with Crippen molar-refractivity contribution in [3.63, 3.8) is 0 Å². The number of benzene rings is 4. The van der Waals surface area contributed by atoms with Crippen molar-refractivity contribution in [1.29, 1.82) is 0 Å². The van der Waals surface area contributed by atoms with Crippen molar-refractivity contribution in [3.8, 4) is 11.4 Å². The molecule has 8 aromatic rings. The maximum atomic E-state index is 14.7. The molecule has 4 aromatic heterocycles. The number of nitrogens with zero attached hydrogens (tertiary/aromatic N) is 3. The molecule has 1 saturated heterocycles. The van der Waals surface area contributed by atoms with Gasteiger partial charge < -0.3 is 20.9 Å². The smallest absolute Gasteiger partial charge is 0.333 e. The normalized spacial score (nSPS) is 13.0. The molecular weight excluding hydrogens is 1010 g/mol. The number of hydrogen-bond acceptors (Lipinski definition) is 12. The molecule has 0 atom stereocenters. The lowest BCUT2D eigenvalue weighted by atomic mass is 10.1. The highest BCUT2D eigenvalue weighted by atomic mass is 35.5. The van der Waals surface area contributed by atoms with E-state index in [0.717, 1.165) is 74.2 Å². The predicted octanol–water partition coefficient (Wildman–Crippen LogP) is 9.51. The molecule has 4 aromatic carbocycles. The number of sulfonamides is 2. The first-order chi connectivity index (χ1) is 34.0. The van der Waals surface area contributed by atoms with Gasteiger partial charge >= 0.3 is 12.1 Å². The fourth-order valence-corrected chi connectivity index (χ4v) is 12.4. The van der Waals surface area contributed by atoms with E-state index >= 15 is 0 Å². The lowest BCUT2D eigenvalue weighted by Crippen LogP contribution is -2.34. The topological polar surface area (TPSA) is 210 Å². The zero-order chi connectivity index (χ0) is 50.3. The number of pyridine rings is 2. The third-order valence-corrected chi connectivity index (χ3v) is 17.1. The van der Waals surface area contributed by atoms with Crippen molar-refractivity contribution >= 4 is 105 Å². The minimum Gasteiger partial charge on any atom is -0.385 e. The van der Waals surface area contributed by atoms with Crippen LogP contribution in [-0.2, 0) is 20.0 Å². The molecule has 5 N–H and O–H groups in total. The van der Waals surface area contributed by atoms with Gasteiger partial charge in [-0.1, -0.05) is 36.2 Å². The molecule has 16 nitrogen and oxygen atoms in total. The average Bonchev–Trinajstić information content (AvgIpc) is 4.01. The summed E-state index contributed by atoms with van der Waals surface area (Å²) in [5.74, 6) is -0.775.